The molecule has 1 aromatic heterocycles. The minimum atomic E-state index is 0.847. The van der Waals surface area contributed by atoms with E-state index in [0.29, 0.717) is 0 Å². The van der Waals surface area contributed by atoms with Gasteiger partial charge in [-0.2, -0.15) is 0 Å². The molecular formula is C14H16N2O. The third kappa shape index (κ3) is 2.06. The highest BCUT2D eigenvalue weighted by molar-refractivity contribution is 5.46. The molecule has 0 saturated carbocycles. The van der Waals surface area contributed by atoms with Crippen molar-refractivity contribution in [1.82, 2.24) is 4.90 Å². The third-order valence-electron chi connectivity index (χ3n) is 3.19. The lowest BCUT2D eigenvalue weighted by Gasteiger charge is -2.12. The van der Waals surface area contributed by atoms with Crippen LogP contribution in [0.1, 0.15) is 22.6 Å². The highest BCUT2D eigenvalue weighted by Gasteiger charge is 2.19. The van der Waals surface area contributed by atoms with Gasteiger partial charge < -0.3 is 10.2 Å². The number of fused-ring (bicyclic) bond motifs is 1. The average molecular weight is 228 g/mol. The molecule has 0 atom stereocenters. The zero-order valence-corrected chi connectivity index (χ0v) is 9.94. The van der Waals surface area contributed by atoms with E-state index in [2.05, 4.69) is 17.0 Å². The SMILES string of the molecule is Cc1ccc(CN2Cc3ccc(N)cc3C2)o1. The van der Waals surface area contributed by atoms with Crippen molar-refractivity contribution in [1.29, 1.82) is 0 Å². The van der Waals surface area contributed by atoms with Crippen LogP contribution in [0.15, 0.2) is 34.7 Å². The Kier molecular flexibility index (Phi) is 2.41. The highest BCUT2D eigenvalue weighted by atomic mass is 16.3. The molecule has 3 rings (SSSR count). The molecule has 3 heteroatoms. The van der Waals surface area contributed by atoms with Gasteiger partial charge in [0, 0.05) is 18.8 Å². The van der Waals surface area contributed by atoms with Crippen molar-refractivity contribution in [2.24, 2.45) is 0 Å². The Balaban J connectivity index is 1.74. The predicted octanol–water partition coefficient (Wildman–Crippen LogP) is 2.69. The summed E-state index contributed by atoms with van der Waals surface area (Å²) in [6.45, 7) is 4.78. The van der Waals surface area contributed by atoms with Crippen molar-refractivity contribution in [2.75, 3.05) is 5.73 Å². The zero-order valence-electron chi connectivity index (χ0n) is 9.94. The van der Waals surface area contributed by atoms with Crippen molar-refractivity contribution in [2.45, 2.75) is 26.6 Å². The van der Waals surface area contributed by atoms with E-state index >= 15 is 0 Å². The summed E-state index contributed by atoms with van der Waals surface area (Å²) >= 11 is 0. The highest BCUT2D eigenvalue weighted by Crippen LogP contribution is 2.26. The first kappa shape index (κ1) is 10.4. The van der Waals surface area contributed by atoms with E-state index in [1.807, 2.05) is 25.1 Å². The molecule has 0 amide bonds. The van der Waals surface area contributed by atoms with Crippen molar-refractivity contribution < 1.29 is 4.42 Å². The first-order valence-electron chi connectivity index (χ1n) is 5.85. The van der Waals surface area contributed by atoms with Crippen LogP contribution in [0.5, 0.6) is 0 Å². The van der Waals surface area contributed by atoms with E-state index in [9.17, 15) is 0 Å². The summed E-state index contributed by atoms with van der Waals surface area (Å²) in [6, 6.07) is 10.2. The van der Waals surface area contributed by atoms with E-state index in [0.717, 1.165) is 36.8 Å². The Bertz CT molecular complexity index is 543. The van der Waals surface area contributed by atoms with Gasteiger partial charge in [0.15, 0.2) is 0 Å². The normalized spacial score (nSPS) is 15.1. The molecule has 0 saturated heterocycles. The van der Waals surface area contributed by atoms with Crippen LogP contribution in [0.25, 0.3) is 0 Å². The van der Waals surface area contributed by atoms with E-state index in [-0.39, 0.29) is 0 Å². The number of furan rings is 1. The summed E-state index contributed by atoms with van der Waals surface area (Å²) in [4.78, 5) is 2.36. The van der Waals surface area contributed by atoms with E-state index in [1.165, 1.54) is 11.1 Å². The van der Waals surface area contributed by atoms with Crippen LogP contribution in [0.2, 0.25) is 0 Å². The molecule has 0 bridgehead atoms. The first-order chi connectivity index (χ1) is 8.20. The fraction of sp³-hybridized carbons (Fsp3) is 0.286. The van der Waals surface area contributed by atoms with Gasteiger partial charge in [-0.25, -0.2) is 0 Å². The standard InChI is InChI=1S/C14H16N2O/c1-10-2-5-14(17-10)9-16-7-11-3-4-13(15)6-12(11)8-16/h2-6H,7-9,15H2,1H3. The van der Waals surface area contributed by atoms with Crippen molar-refractivity contribution in [3.8, 4) is 0 Å². The van der Waals surface area contributed by atoms with Gasteiger partial charge in [0.1, 0.15) is 11.5 Å². The maximum absolute atomic E-state index is 5.80. The van der Waals surface area contributed by atoms with Crippen LogP contribution in [-0.2, 0) is 19.6 Å². The molecule has 17 heavy (non-hydrogen) atoms. The Hall–Kier alpha value is -1.74. The summed E-state index contributed by atoms with van der Waals surface area (Å²) in [7, 11) is 0. The lowest BCUT2D eigenvalue weighted by Crippen LogP contribution is -2.14. The van der Waals surface area contributed by atoms with Crippen molar-refractivity contribution in [3.05, 3.63) is 53.0 Å². The van der Waals surface area contributed by atoms with Gasteiger partial charge in [-0.15, -0.1) is 0 Å². The van der Waals surface area contributed by atoms with Crippen LogP contribution in [0.4, 0.5) is 5.69 Å². The van der Waals surface area contributed by atoms with Gasteiger partial charge in [-0.3, -0.25) is 4.90 Å². The van der Waals surface area contributed by atoms with Gasteiger partial charge >= 0.3 is 0 Å². The number of hydrogen-bond acceptors (Lipinski definition) is 3. The average Bonchev–Trinajstić information content (AvgIpc) is 2.84. The topological polar surface area (TPSA) is 42.4 Å². The second-order valence-corrected chi connectivity index (χ2v) is 4.69. The molecule has 1 aromatic carbocycles. The molecule has 2 aromatic rings. The lowest BCUT2D eigenvalue weighted by atomic mass is 10.1. The van der Waals surface area contributed by atoms with Crippen LogP contribution < -0.4 is 5.73 Å². The molecule has 0 aliphatic carbocycles. The molecule has 88 valence electrons. The summed E-state index contributed by atoms with van der Waals surface area (Å²) in [5, 5.41) is 0. The Morgan fingerprint density at radius 3 is 2.76 bits per heavy atom. The van der Waals surface area contributed by atoms with Crippen molar-refractivity contribution in [3.63, 3.8) is 0 Å². The second kappa shape index (κ2) is 3.93. The number of rotatable bonds is 2. The Labute approximate surface area is 101 Å². The molecule has 2 N–H and O–H groups in total. The predicted molar refractivity (Wildman–Crippen MR) is 67.3 cm³/mol. The van der Waals surface area contributed by atoms with E-state index in [4.69, 9.17) is 10.2 Å². The number of benzene rings is 1. The second-order valence-electron chi connectivity index (χ2n) is 4.69. The quantitative estimate of drug-likeness (QED) is 0.803. The number of nitrogen functional groups attached to an aromatic ring is 1. The van der Waals surface area contributed by atoms with Crippen LogP contribution in [-0.4, -0.2) is 4.90 Å². The van der Waals surface area contributed by atoms with Crippen LogP contribution >= 0.6 is 0 Å². The van der Waals surface area contributed by atoms with E-state index < -0.39 is 0 Å². The molecule has 1 aliphatic heterocycles. The molecule has 0 fully saturated rings. The summed E-state index contributed by atoms with van der Waals surface area (Å²) in [5.41, 5.74) is 9.36. The first-order valence-corrected chi connectivity index (χ1v) is 5.85. The summed E-state index contributed by atoms with van der Waals surface area (Å²) in [5.74, 6) is 2.00. The summed E-state index contributed by atoms with van der Waals surface area (Å²) in [6.07, 6.45) is 0. The van der Waals surface area contributed by atoms with Gasteiger partial charge in [-0.1, -0.05) is 6.07 Å². The lowest BCUT2D eigenvalue weighted by molar-refractivity contribution is 0.249. The molecular weight excluding hydrogens is 212 g/mol. The van der Waals surface area contributed by atoms with Gasteiger partial charge in [-0.05, 0) is 42.3 Å². The molecule has 0 spiro atoms. The number of hydrogen-bond donors (Lipinski definition) is 1. The minimum Gasteiger partial charge on any atom is -0.465 e. The molecule has 3 nitrogen and oxygen atoms in total. The number of anilines is 1. The largest absolute Gasteiger partial charge is 0.465 e. The fourth-order valence-corrected chi connectivity index (χ4v) is 2.39. The summed E-state index contributed by atoms with van der Waals surface area (Å²) < 4.78 is 5.60. The van der Waals surface area contributed by atoms with Gasteiger partial charge in [0.25, 0.3) is 0 Å². The maximum Gasteiger partial charge on any atom is 0.118 e. The third-order valence-corrected chi connectivity index (χ3v) is 3.19. The molecule has 2 heterocycles. The number of aryl methyl sites for hydroxylation is 1. The van der Waals surface area contributed by atoms with Crippen LogP contribution in [0.3, 0.4) is 0 Å². The zero-order chi connectivity index (χ0) is 11.8. The fourth-order valence-electron chi connectivity index (χ4n) is 2.39. The molecule has 0 radical (unpaired) electrons. The van der Waals surface area contributed by atoms with Gasteiger partial charge in [0.2, 0.25) is 0 Å². The van der Waals surface area contributed by atoms with Gasteiger partial charge in [0.05, 0.1) is 6.54 Å². The van der Waals surface area contributed by atoms with E-state index in [1.54, 1.807) is 0 Å². The van der Waals surface area contributed by atoms with Crippen molar-refractivity contribution >= 4 is 5.69 Å². The smallest absolute Gasteiger partial charge is 0.118 e. The number of nitrogens with zero attached hydrogens (tertiary/aromatic N) is 1. The number of nitrogens with two attached hydrogens (primary N) is 1. The Morgan fingerprint density at radius 1 is 1.18 bits per heavy atom. The maximum atomic E-state index is 5.80. The molecule has 1 aliphatic rings. The molecule has 0 unspecified atom stereocenters. The monoisotopic (exact) mass is 228 g/mol. The Morgan fingerprint density at radius 2 is 2.00 bits per heavy atom. The van der Waals surface area contributed by atoms with Crippen LogP contribution in [0, 0.1) is 6.92 Å². The minimum absolute atomic E-state index is 0.847.